The fraction of sp³-hybridized carbons (Fsp3) is 0.407. The zero-order chi connectivity index (χ0) is 25.3. The third kappa shape index (κ3) is 5.09. The summed E-state index contributed by atoms with van der Waals surface area (Å²) in [6.45, 7) is 1.23. The monoisotopic (exact) mass is 511 g/mol. The van der Waals surface area contributed by atoms with E-state index in [-0.39, 0.29) is 5.92 Å². The van der Waals surface area contributed by atoms with Crippen LogP contribution in [0.15, 0.2) is 54.7 Å². The molecule has 2 aromatic carbocycles. The van der Waals surface area contributed by atoms with Crippen LogP contribution in [0, 0.1) is 5.92 Å². The maximum absolute atomic E-state index is 12.1. The number of anilines is 1. The highest BCUT2D eigenvalue weighted by molar-refractivity contribution is 8.24. The van der Waals surface area contributed by atoms with Crippen molar-refractivity contribution in [1.82, 2.24) is 9.78 Å². The van der Waals surface area contributed by atoms with Crippen LogP contribution >= 0.6 is 10.6 Å². The third-order valence-electron chi connectivity index (χ3n) is 7.41. The molecule has 1 aliphatic heterocycles. The Morgan fingerprint density at radius 3 is 2.44 bits per heavy atom. The molecular weight excluding hydrogens is 478 g/mol. The van der Waals surface area contributed by atoms with Gasteiger partial charge in [-0.05, 0) is 42.7 Å². The van der Waals surface area contributed by atoms with E-state index in [0.29, 0.717) is 31.0 Å². The van der Waals surface area contributed by atoms with Crippen LogP contribution in [-0.4, -0.2) is 61.7 Å². The average molecular weight is 512 g/mol. The first-order valence-electron chi connectivity index (χ1n) is 12.4. The van der Waals surface area contributed by atoms with E-state index in [9.17, 15) is 19.0 Å². The van der Waals surface area contributed by atoms with Gasteiger partial charge in [0.2, 0.25) is 0 Å². The fourth-order valence-electron chi connectivity index (χ4n) is 5.36. The number of nitrogens with zero attached hydrogens (tertiary/aromatic N) is 3. The second-order valence-corrected chi connectivity index (χ2v) is 12.1. The zero-order valence-electron chi connectivity index (χ0n) is 20.4. The summed E-state index contributed by atoms with van der Waals surface area (Å²) in [5, 5.41) is 14.9. The highest BCUT2D eigenvalue weighted by atomic mass is 32.3. The Morgan fingerprint density at radius 1 is 1.03 bits per heavy atom. The quantitative estimate of drug-likeness (QED) is 0.402. The van der Waals surface area contributed by atoms with Crippen molar-refractivity contribution in [3.63, 3.8) is 0 Å². The maximum Gasteiger partial charge on any atom is 0.307 e. The summed E-state index contributed by atoms with van der Waals surface area (Å²) in [6, 6.07) is 15.9. The van der Waals surface area contributed by atoms with Gasteiger partial charge in [0.15, 0.2) is 0 Å². The number of aromatic nitrogens is 2. The largest absolute Gasteiger partial charge is 0.497 e. The number of ether oxygens (including phenoxy) is 1. The molecule has 8 nitrogen and oxygen atoms in total. The van der Waals surface area contributed by atoms with E-state index >= 15 is 0 Å². The molecule has 2 aliphatic rings. The van der Waals surface area contributed by atoms with E-state index in [1.807, 2.05) is 35.1 Å². The summed E-state index contributed by atoms with van der Waals surface area (Å²) in [5.41, 5.74) is 4.64. The van der Waals surface area contributed by atoms with Crippen LogP contribution in [0.5, 0.6) is 5.75 Å². The van der Waals surface area contributed by atoms with Crippen LogP contribution in [0.2, 0.25) is 0 Å². The smallest absolute Gasteiger partial charge is 0.307 e. The highest BCUT2D eigenvalue weighted by Crippen LogP contribution is 2.43. The second-order valence-electron chi connectivity index (χ2n) is 9.65. The topological polar surface area (TPSA) is 108 Å². The molecular formula is C27H33N3O5S. The molecule has 5 rings (SSSR count). The van der Waals surface area contributed by atoms with Crippen molar-refractivity contribution in [3.8, 4) is 22.6 Å². The summed E-state index contributed by atoms with van der Waals surface area (Å²) in [5.74, 6) is 0.167. The number of aliphatic carboxylic acids is 1. The van der Waals surface area contributed by atoms with Crippen molar-refractivity contribution < 1.29 is 23.7 Å². The Labute approximate surface area is 212 Å². The lowest BCUT2D eigenvalue weighted by atomic mass is 9.76. The first kappa shape index (κ1) is 24.7. The van der Waals surface area contributed by atoms with Crippen LogP contribution in [0.1, 0.15) is 37.3 Å². The molecule has 0 bridgehead atoms. The molecule has 1 saturated carbocycles. The van der Waals surface area contributed by atoms with Crippen LogP contribution in [-0.2, 0) is 4.79 Å². The fourth-order valence-corrected chi connectivity index (χ4v) is 6.59. The number of benzene rings is 2. The van der Waals surface area contributed by atoms with E-state index in [1.165, 1.54) is 0 Å². The molecule has 0 radical (unpaired) electrons. The van der Waals surface area contributed by atoms with Crippen molar-refractivity contribution in [3.05, 3.63) is 60.4 Å². The Kier molecular flexibility index (Phi) is 6.96. The normalized spacial score (nSPS) is 22.7. The molecule has 3 N–H and O–H groups in total. The Morgan fingerprint density at radius 2 is 1.75 bits per heavy atom. The molecule has 0 spiro atoms. The number of methoxy groups -OCH3 is 1. The van der Waals surface area contributed by atoms with Gasteiger partial charge in [-0.15, -0.1) is 0 Å². The number of carbonyl (C=O) groups is 1. The zero-order valence-corrected chi connectivity index (χ0v) is 21.2. The number of carboxylic acids is 1. The van der Waals surface area contributed by atoms with E-state index in [4.69, 9.17) is 9.84 Å². The Bertz CT molecular complexity index is 1220. The molecule has 3 aromatic rings. The summed E-state index contributed by atoms with van der Waals surface area (Å²) in [6.07, 6.45) is 5.38. The first-order valence-corrected chi connectivity index (χ1v) is 14.3. The second kappa shape index (κ2) is 10.2. The Balaban J connectivity index is 1.51. The predicted molar refractivity (Wildman–Crippen MR) is 143 cm³/mol. The van der Waals surface area contributed by atoms with Gasteiger partial charge in [-0.2, -0.15) is 15.7 Å². The van der Waals surface area contributed by atoms with Crippen LogP contribution in [0.3, 0.4) is 0 Å². The van der Waals surface area contributed by atoms with Gasteiger partial charge in [0.25, 0.3) is 0 Å². The third-order valence-corrected chi connectivity index (χ3v) is 9.09. The lowest BCUT2D eigenvalue weighted by Gasteiger charge is -2.41. The first-order chi connectivity index (χ1) is 17.3. The van der Waals surface area contributed by atoms with Crippen LogP contribution in [0.25, 0.3) is 16.8 Å². The minimum Gasteiger partial charge on any atom is -0.497 e. The molecule has 0 amide bonds. The van der Waals surface area contributed by atoms with E-state index < -0.39 is 22.5 Å². The molecule has 2 atom stereocenters. The van der Waals surface area contributed by atoms with Gasteiger partial charge in [-0.25, -0.2) is 4.68 Å². The molecule has 1 aliphatic carbocycles. The average Bonchev–Trinajstić information content (AvgIpc) is 3.34. The van der Waals surface area contributed by atoms with Crippen LogP contribution in [0.4, 0.5) is 5.69 Å². The number of hydrogen-bond donors (Lipinski definition) is 3. The van der Waals surface area contributed by atoms with Gasteiger partial charge in [-0.3, -0.25) is 13.9 Å². The van der Waals surface area contributed by atoms with Crippen molar-refractivity contribution in [2.45, 2.75) is 31.6 Å². The van der Waals surface area contributed by atoms with Gasteiger partial charge in [0.05, 0.1) is 35.9 Å². The molecule has 9 heteroatoms. The Hall–Kier alpha value is -3.01. The van der Waals surface area contributed by atoms with Crippen molar-refractivity contribution in [2.75, 3.05) is 36.6 Å². The summed E-state index contributed by atoms with van der Waals surface area (Å²) < 4.78 is 27.1. The van der Waals surface area contributed by atoms with Gasteiger partial charge < -0.3 is 14.7 Å². The predicted octanol–water partition coefficient (Wildman–Crippen LogP) is 5.48. The van der Waals surface area contributed by atoms with Gasteiger partial charge >= 0.3 is 5.97 Å². The van der Waals surface area contributed by atoms with Crippen molar-refractivity contribution in [1.29, 1.82) is 0 Å². The molecule has 1 saturated heterocycles. The summed E-state index contributed by atoms with van der Waals surface area (Å²) >= 11 is 0. The van der Waals surface area contributed by atoms with Gasteiger partial charge in [-0.1, -0.05) is 31.0 Å². The minimum atomic E-state index is -2.44. The molecule has 2 unspecified atom stereocenters. The maximum atomic E-state index is 12.1. The molecule has 36 heavy (non-hydrogen) atoms. The van der Waals surface area contributed by atoms with Crippen LogP contribution < -0.4 is 9.64 Å². The highest BCUT2D eigenvalue weighted by Gasteiger charge is 2.35. The minimum absolute atomic E-state index is 0.148. The molecule has 192 valence electrons. The van der Waals surface area contributed by atoms with Gasteiger partial charge in [0.1, 0.15) is 5.75 Å². The summed E-state index contributed by atoms with van der Waals surface area (Å²) in [7, 11) is -0.814. The lowest BCUT2D eigenvalue weighted by Crippen LogP contribution is -2.38. The van der Waals surface area contributed by atoms with E-state index in [0.717, 1.165) is 53.2 Å². The van der Waals surface area contributed by atoms with E-state index in [2.05, 4.69) is 29.2 Å². The number of hydrogen-bond acceptors (Lipinski definition) is 6. The van der Waals surface area contributed by atoms with Gasteiger partial charge in [0, 0.05) is 42.5 Å². The van der Waals surface area contributed by atoms with E-state index in [1.54, 1.807) is 7.11 Å². The molecule has 2 fully saturated rings. The number of rotatable bonds is 6. The molecule has 2 heterocycles. The molecule has 1 aromatic heterocycles. The SMILES string of the molecule is COc1cccc(-n2cc(-c3ccc(N4CCS(O)(O)CC4)cc3)c(C3CCCCC3C(=O)O)n2)c1. The van der Waals surface area contributed by atoms with Crippen molar-refractivity contribution >= 4 is 22.2 Å². The standard InChI is InChI=1S/C27H33N3O5S/c1-35-22-6-4-5-21(17-22)30-18-25(26(28-30)23-7-2-3-8-24(23)27(31)32)19-9-11-20(12-10-19)29-13-15-36(33,34)16-14-29/h4-6,9-12,17-18,23-24,33-34H,2-3,7-8,13-16H2,1H3,(H,31,32). The number of carboxylic acid groups (broad SMARTS) is 1. The van der Waals surface area contributed by atoms with Crippen molar-refractivity contribution in [2.24, 2.45) is 5.92 Å². The summed E-state index contributed by atoms with van der Waals surface area (Å²) in [4.78, 5) is 14.3. The lowest BCUT2D eigenvalue weighted by molar-refractivity contribution is -0.143.